The summed E-state index contributed by atoms with van der Waals surface area (Å²) >= 11 is 0. The van der Waals surface area contributed by atoms with Crippen molar-refractivity contribution in [2.24, 2.45) is 0 Å². The second kappa shape index (κ2) is 7.29. The van der Waals surface area contributed by atoms with E-state index in [9.17, 15) is 9.90 Å². The maximum atomic E-state index is 11.4. The average Bonchev–Trinajstić information content (AvgIpc) is 2.43. The summed E-state index contributed by atoms with van der Waals surface area (Å²) in [5, 5.41) is 12.0. The molecule has 1 aromatic carbocycles. The van der Waals surface area contributed by atoms with E-state index in [-0.39, 0.29) is 0 Å². The van der Waals surface area contributed by atoms with Crippen molar-refractivity contribution < 1.29 is 14.6 Å². The average molecular weight is 247 g/mol. The third-order valence-electron chi connectivity index (χ3n) is 2.27. The Morgan fingerprint density at radius 1 is 1.50 bits per heavy atom. The van der Waals surface area contributed by atoms with E-state index in [1.807, 2.05) is 30.3 Å². The van der Waals surface area contributed by atoms with Crippen LogP contribution in [-0.4, -0.2) is 24.0 Å². The third-order valence-corrected chi connectivity index (χ3v) is 2.27. The van der Waals surface area contributed by atoms with Crippen molar-refractivity contribution in [3.63, 3.8) is 0 Å². The smallest absolute Gasteiger partial charge is 0.193 e. The summed E-state index contributed by atoms with van der Waals surface area (Å²) in [4.78, 5) is 11.4. The Morgan fingerprint density at radius 2 is 2.17 bits per heavy atom. The molecule has 0 saturated carbocycles. The number of carbonyl (C=O) groups is 1. The molecule has 1 atom stereocenters. The lowest BCUT2D eigenvalue weighted by molar-refractivity contribution is -0.120. The molecule has 0 unspecified atom stereocenters. The van der Waals surface area contributed by atoms with Gasteiger partial charge in [-0.15, -0.1) is 6.58 Å². The topological polar surface area (TPSA) is 58.6 Å². The fourth-order valence-electron chi connectivity index (χ4n) is 1.25. The highest BCUT2D eigenvalue weighted by molar-refractivity contribution is 5.94. The first-order valence-electron chi connectivity index (χ1n) is 5.58. The number of hydrogen-bond acceptors (Lipinski definition) is 4. The van der Waals surface area contributed by atoms with Crippen molar-refractivity contribution in [3.05, 3.63) is 60.5 Å². The number of ketones is 1. The molecule has 0 aromatic heterocycles. The summed E-state index contributed by atoms with van der Waals surface area (Å²) in [6.45, 7) is 3.70. The number of benzene rings is 1. The van der Waals surface area contributed by atoms with Crippen LogP contribution in [0, 0.1) is 0 Å². The van der Waals surface area contributed by atoms with Crippen molar-refractivity contribution in [2.45, 2.75) is 12.7 Å². The molecule has 0 radical (unpaired) electrons. The minimum absolute atomic E-state index is 0.310. The zero-order valence-corrected chi connectivity index (χ0v) is 10.3. The van der Waals surface area contributed by atoms with E-state index in [0.29, 0.717) is 12.5 Å². The van der Waals surface area contributed by atoms with Gasteiger partial charge in [-0.1, -0.05) is 36.4 Å². The molecule has 0 saturated heterocycles. The fourth-order valence-corrected chi connectivity index (χ4v) is 1.25. The van der Waals surface area contributed by atoms with Crippen LogP contribution in [0.25, 0.3) is 0 Å². The minimum atomic E-state index is -1.20. The zero-order valence-electron chi connectivity index (χ0n) is 10.3. The number of aliphatic hydroxyl groups is 1. The summed E-state index contributed by atoms with van der Waals surface area (Å²) in [5.41, 5.74) is 0.996. The van der Waals surface area contributed by atoms with Crippen LogP contribution in [-0.2, 0) is 16.1 Å². The summed E-state index contributed by atoms with van der Waals surface area (Å²) in [6, 6.07) is 9.59. The van der Waals surface area contributed by atoms with Gasteiger partial charge >= 0.3 is 0 Å². The number of carbonyl (C=O) groups excluding carboxylic acids is 1. The van der Waals surface area contributed by atoms with Gasteiger partial charge in [-0.2, -0.15) is 0 Å². The molecule has 4 nitrogen and oxygen atoms in total. The van der Waals surface area contributed by atoms with Gasteiger partial charge in [-0.05, 0) is 5.56 Å². The molecular weight excluding hydrogens is 230 g/mol. The van der Waals surface area contributed by atoms with Crippen molar-refractivity contribution in [1.82, 2.24) is 5.32 Å². The lowest BCUT2D eigenvalue weighted by Crippen LogP contribution is -2.19. The van der Waals surface area contributed by atoms with Crippen LogP contribution in [0.5, 0.6) is 0 Å². The van der Waals surface area contributed by atoms with Crippen molar-refractivity contribution in [1.29, 1.82) is 0 Å². The van der Waals surface area contributed by atoms with Gasteiger partial charge < -0.3 is 15.2 Å². The Balaban J connectivity index is 2.59. The molecule has 0 heterocycles. The normalized spacial score (nSPS) is 12.7. The lowest BCUT2D eigenvalue weighted by atomic mass is 10.2. The van der Waals surface area contributed by atoms with Crippen LogP contribution >= 0.6 is 0 Å². The van der Waals surface area contributed by atoms with Crippen LogP contribution < -0.4 is 5.32 Å². The molecule has 1 rings (SSSR count). The zero-order chi connectivity index (χ0) is 13.4. The molecule has 0 bridgehead atoms. The van der Waals surface area contributed by atoms with Gasteiger partial charge in [0, 0.05) is 13.1 Å². The van der Waals surface area contributed by atoms with Crippen molar-refractivity contribution in [3.8, 4) is 0 Å². The van der Waals surface area contributed by atoms with Gasteiger partial charge in [0.15, 0.2) is 11.7 Å². The van der Waals surface area contributed by atoms with Gasteiger partial charge in [0.25, 0.3) is 0 Å². The molecule has 0 aliphatic rings. The van der Waals surface area contributed by atoms with E-state index >= 15 is 0 Å². The molecule has 18 heavy (non-hydrogen) atoms. The molecule has 0 aliphatic carbocycles. The van der Waals surface area contributed by atoms with Crippen LogP contribution in [0.4, 0.5) is 0 Å². The van der Waals surface area contributed by atoms with Gasteiger partial charge in [0.2, 0.25) is 0 Å². The predicted molar refractivity (Wildman–Crippen MR) is 69.6 cm³/mol. The summed E-state index contributed by atoms with van der Waals surface area (Å²) in [5.74, 6) is -0.160. The second-order valence-corrected chi connectivity index (χ2v) is 3.62. The Morgan fingerprint density at radius 3 is 2.72 bits per heavy atom. The number of rotatable bonds is 7. The minimum Gasteiger partial charge on any atom is -0.474 e. The highest BCUT2D eigenvalue weighted by atomic mass is 16.5. The first kappa shape index (κ1) is 14.0. The van der Waals surface area contributed by atoms with E-state index in [0.717, 1.165) is 5.56 Å². The fraction of sp³-hybridized carbons (Fsp3) is 0.214. The molecular formula is C14H17NO3. The molecule has 0 amide bonds. The summed E-state index contributed by atoms with van der Waals surface area (Å²) in [6.07, 6.45) is 1.19. The van der Waals surface area contributed by atoms with Gasteiger partial charge in [0.1, 0.15) is 12.7 Å². The Hall–Kier alpha value is -2.07. The molecule has 0 aliphatic heterocycles. The Kier molecular flexibility index (Phi) is 5.67. The molecule has 2 N–H and O–H groups in total. The van der Waals surface area contributed by atoms with Crippen molar-refractivity contribution in [2.75, 3.05) is 7.05 Å². The molecule has 96 valence electrons. The number of ether oxygens (including phenoxy) is 1. The van der Waals surface area contributed by atoms with Crippen LogP contribution in [0.15, 0.2) is 54.9 Å². The Bertz CT molecular complexity index is 426. The van der Waals surface area contributed by atoms with Crippen LogP contribution in [0.2, 0.25) is 0 Å². The van der Waals surface area contributed by atoms with E-state index in [4.69, 9.17) is 4.74 Å². The van der Waals surface area contributed by atoms with Gasteiger partial charge in [-0.3, -0.25) is 4.79 Å². The van der Waals surface area contributed by atoms with Crippen LogP contribution in [0.1, 0.15) is 5.56 Å². The number of aliphatic hydroxyl groups excluding tert-OH is 1. The van der Waals surface area contributed by atoms with E-state index in [1.165, 1.54) is 12.2 Å². The largest absolute Gasteiger partial charge is 0.474 e. The predicted octanol–water partition coefficient (Wildman–Crippen LogP) is 1.38. The first-order valence-corrected chi connectivity index (χ1v) is 5.58. The molecule has 4 heteroatoms. The van der Waals surface area contributed by atoms with Crippen molar-refractivity contribution >= 4 is 5.78 Å². The maximum absolute atomic E-state index is 11.4. The Labute approximate surface area is 107 Å². The van der Waals surface area contributed by atoms with E-state index in [2.05, 4.69) is 11.9 Å². The van der Waals surface area contributed by atoms with Crippen LogP contribution in [0.3, 0.4) is 0 Å². The molecule has 0 spiro atoms. The second-order valence-electron chi connectivity index (χ2n) is 3.62. The first-order chi connectivity index (χ1) is 8.67. The lowest BCUT2D eigenvalue weighted by Gasteiger charge is -2.10. The highest BCUT2D eigenvalue weighted by Crippen LogP contribution is 2.04. The van der Waals surface area contributed by atoms with Gasteiger partial charge in [0.05, 0.1) is 0 Å². The highest BCUT2D eigenvalue weighted by Gasteiger charge is 2.09. The van der Waals surface area contributed by atoms with E-state index < -0.39 is 11.9 Å². The quantitative estimate of drug-likeness (QED) is 0.434. The summed E-state index contributed by atoms with van der Waals surface area (Å²) in [7, 11) is 1.64. The van der Waals surface area contributed by atoms with Gasteiger partial charge in [-0.25, -0.2) is 0 Å². The molecule has 1 aromatic rings. The number of nitrogens with one attached hydrogen (secondary N) is 1. The summed E-state index contributed by atoms with van der Waals surface area (Å²) < 4.78 is 5.43. The number of hydrogen-bond donors (Lipinski definition) is 2. The SMILES string of the molecule is C=C[C@@H](O)C(=O)C=C(NC)OCc1ccccc1. The van der Waals surface area contributed by atoms with E-state index in [1.54, 1.807) is 7.05 Å². The molecule has 0 fully saturated rings. The standard InChI is InChI=1S/C14H17NO3/c1-3-12(16)13(17)9-14(15-2)18-10-11-7-5-4-6-8-11/h3-9,12,15-16H,1,10H2,2H3/t12-/m1/s1. The third kappa shape index (κ3) is 4.43. The monoisotopic (exact) mass is 247 g/mol. The maximum Gasteiger partial charge on any atom is 0.193 e.